The molecule has 1 rings (SSSR count). The summed E-state index contributed by atoms with van der Waals surface area (Å²) in [6, 6.07) is -1.02. The largest absolute Gasteiger partial charge is 0.480 e. The first kappa shape index (κ1) is 12.9. The maximum Gasteiger partial charge on any atom is 0.326 e. The molecule has 1 aliphatic heterocycles. The van der Waals surface area contributed by atoms with Crippen molar-refractivity contribution in [1.82, 2.24) is 10.6 Å². The highest BCUT2D eigenvalue weighted by atomic mass is 16.4. The zero-order valence-corrected chi connectivity index (χ0v) is 9.32. The van der Waals surface area contributed by atoms with Gasteiger partial charge in [0.2, 0.25) is 5.91 Å². The number of aliphatic hydroxyl groups is 1. The Labute approximate surface area is 94.0 Å². The highest BCUT2D eigenvalue weighted by Crippen LogP contribution is 2.18. The predicted octanol–water partition coefficient (Wildman–Crippen LogP) is -0.920. The van der Waals surface area contributed by atoms with Crippen molar-refractivity contribution in [2.24, 2.45) is 0 Å². The minimum Gasteiger partial charge on any atom is -0.480 e. The SMILES string of the molecule is CC1(C(=O)NC(CCO)C(=O)O)CCCN1. The summed E-state index contributed by atoms with van der Waals surface area (Å²) in [5.74, 6) is -1.44. The Balaban J connectivity index is 2.57. The molecular formula is C10H18N2O4. The molecule has 0 aromatic rings. The Morgan fingerprint density at radius 3 is 2.69 bits per heavy atom. The van der Waals surface area contributed by atoms with E-state index in [4.69, 9.17) is 10.2 Å². The fourth-order valence-electron chi connectivity index (χ4n) is 1.79. The van der Waals surface area contributed by atoms with Gasteiger partial charge in [-0.3, -0.25) is 4.79 Å². The van der Waals surface area contributed by atoms with Crippen LogP contribution in [0.5, 0.6) is 0 Å². The second-order valence-corrected chi connectivity index (χ2v) is 4.24. The number of nitrogens with one attached hydrogen (secondary N) is 2. The fourth-order valence-corrected chi connectivity index (χ4v) is 1.79. The topological polar surface area (TPSA) is 98.7 Å². The molecule has 16 heavy (non-hydrogen) atoms. The Kier molecular flexibility index (Phi) is 4.26. The summed E-state index contributed by atoms with van der Waals surface area (Å²) in [5, 5.41) is 23.0. The molecule has 0 saturated carbocycles. The number of hydrogen-bond donors (Lipinski definition) is 4. The van der Waals surface area contributed by atoms with Crippen molar-refractivity contribution < 1.29 is 19.8 Å². The van der Waals surface area contributed by atoms with E-state index >= 15 is 0 Å². The molecule has 1 saturated heterocycles. The van der Waals surface area contributed by atoms with E-state index in [-0.39, 0.29) is 18.9 Å². The van der Waals surface area contributed by atoms with Gasteiger partial charge in [-0.15, -0.1) is 0 Å². The summed E-state index contributed by atoms with van der Waals surface area (Å²) in [6.45, 7) is 2.26. The summed E-state index contributed by atoms with van der Waals surface area (Å²) in [4.78, 5) is 22.6. The molecule has 0 aliphatic carbocycles. The molecule has 1 heterocycles. The number of carboxylic acids is 1. The van der Waals surface area contributed by atoms with Gasteiger partial charge < -0.3 is 20.8 Å². The zero-order chi connectivity index (χ0) is 12.2. The lowest BCUT2D eigenvalue weighted by atomic mass is 9.98. The van der Waals surface area contributed by atoms with Gasteiger partial charge >= 0.3 is 5.97 Å². The first-order valence-corrected chi connectivity index (χ1v) is 5.39. The first-order valence-electron chi connectivity index (χ1n) is 5.39. The molecule has 92 valence electrons. The molecule has 0 bridgehead atoms. The minimum atomic E-state index is -1.12. The van der Waals surface area contributed by atoms with Gasteiger partial charge in [-0.1, -0.05) is 0 Å². The number of carboxylic acid groups (broad SMARTS) is 1. The number of hydrogen-bond acceptors (Lipinski definition) is 4. The summed E-state index contributed by atoms with van der Waals surface area (Å²) >= 11 is 0. The predicted molar refractivity (Wildman–Crippen MR) is 56.9 cm³/mol. The second-order valence-electron chi connectivity index (χ2n) is 4.24. The van der Waals surface area contributed by atoms with Crippen molar-refractivity contribution in [3.8, 4) is 0 Å². The molecule has 1 fully saturated rings. The van der Waals surface area contributed by atoms with Crippen LogP contribution < -0.4 is 10.6 Å². The van der Waals surface area contributed by atoms with Gasteiger partial charge in [-0.25, -0.2) is 4.79 Å². The molecule has 6 nitrogen and oxygen atoms in total. The number of amides is 1. The third kappa shape index (κ3) is 2.93. The number of aliphatic carboxylic acids is 1. The monoisotopic (exact) mass is 230 g/mol. The van der Waals surface area contributed by atoms with Gasteiger partial charge in [0, 0.05) is 13.0 Å². The average molecular weight is 230 g/mol. The van der Waals surface area contributed by atoms with Crippen molar-refractivity contribution in [2.75, 3.05) is 13.2 Å². The van der Waals surface area contributed by atoms with Crippen molar-refractivity contribution in [3.63, 3.8) is 0 Å². The standard InChI is InChI=1S/C10H18N2O4/c1-10(4-2-5-11-10)9(16)12-7(3-6-13)8(14)15/h7,11,13H,2-6H2,1H3,(H,12,16)(H,14,15). The highest BCUT2D eigenvalue weighted by molar-refractivity contribution is 5.90. The van der Waals surface area contributed by atoms with Crippen LogP contribution in [0.3, 0.4) is 0 Å². The highest BCUT2D eigenvalue weighted by Gasteiger charge is 2.37. The van der Waals surface area contributed by atoms with E-state index in [0.29, 0.717) is 6.42 Å². The van der Waals surface area contributed by atoms with Gasteiger partial charge in [0.15, 0.2) is 0 Å². The van der Waals surface area contributed by atoms with E-state index in [2.05, 4.69) is 10.6 Å². The van der Waals surface area contributed by atoms with Gasteiger partial charge in [-0.05, 0) is 26.3 Å². The molecule has 4 N–H and O–H groups in total. The quantitative estimate of drug-likeness (QED) is 0.489. The second kappa shape index (κ2) is 5.27. The van der Waals surface area contributed by atoms with Crippen LogP contribution in [0, 0.1) is 0 Å². The van der Waals surface area contributed by atoms with Gasteiger partial charge in [0.05, 0.1) is 5.54 Å². The Morgan fingerprint density at radius 2 is 2.25 bits per heavy atom. The van der Waals surface area contributed by atoms with Gasteiger partial charge in [0.25, 0.3) is 0 Å². The summed E-state index contributed by atoms with van der Waals surface area (Å²) < 4.78 is 0. The summed E-state index contributed by atoms with van der Waals surface area (Å²) in [6.07, 6.45) is 1.63. The maximum atomic E-state index is 11.8. The van der Waals surface area contributed by atoms with E-state index < -0.39 is 17.6 Å². The molecule has 6 heteroatoms. The molecule has 1 amide bonds. The fraction of sp³-hybridized carbons (Fsp3) is 0.800. The van der Waals surface area contributed by atoms with Crippen molar-refractivity contribution in [2.45, 2.75) is 37.8 Å². The van der Waals surface area contributed by atoms with Crippen LogP contribution in [0.25, 0.3) is 0 Å². The van der Waals surface area contributed by atoms with Gasteiger partial charge in [-0.2, -0.15) is 0 Å². The number of carbonyl (C=O) groups excluding carboxylic acids is 1. The molecule has 0 spiro atoms. The normalized spacial score (nSPS) is 26.4. The lowest BCUT2D eigenvalue weighted by molar-refractivity contribution is -0.143. The van der Waals surface area contributed by atoms with E-state index in [1.807, 2.05) is 0 Å². The van der Waals surface area contributed by atoms with E-state index in [1.54, 1.807) is 6.92 Å². The van der Waals surface area contributed by atoms with Crippen molar-refractivity contribution in [1.29, 1.82) is 0 Å². The number of carbonyl (C=O) groups is 2. The minimum absolute atomic E-state index is 0.0250. The van der Waals surface area contributed by atoms with Crippen LogP contribution in [-0.4, -0.2) is 46.8 Å². The maximum absolute atomic E-state index is 11.8. The van der Waals surface area contributed by atoms with Crippen LogP contribution >= 0.6 is 0 Å². The average Bonchev–Trinajstić information content (AvgIpc) is 2.65. The Bertz CT molecular complexity index is 274. The molecule has 0 aromatic carbocycles. The van der Waals surface area contributed by atoms with E-state index in [0.717, 1.165) is 13.0 Å². The zero-order valence-electron chi connectivity index (χ0n) is 9.32. The van der Waals surface area contributed by atoms with E-state index in [9.17, 15) is 9.59 Å². The van der Waals surface area contributed by atoms with Crippen LogP contribution in [-0.2, 0) is 9.59 Å². The van der Waals surface area contributed by atoms with Crippen LogP contribution in [0.2, 0.25) is 0 Å². The smallest absolute Gasteiger partial charge is 0.326 e. The third-order valence-corrected chi connectivity index (χ3v) is 2.89. The molecule has 0 radical (unpaired) electrons. The third-order valence-electron chi connectivity index (χ3n) is 2.89. The molecule has 0 aromatic heterocycles. The lowest BCUT2D eigenvalue weighted by Gasteiger charge is -2.25. The Hall–Kier alpha value is -1.14. The van der Waals surface area contributed by atoms with Crippen LogP contribution in [0.15, 0.2) is 0 Å². The van der Waals surface area contributed by atoms with Crippen LogP contribution in [0.1, 0.15) is 26.2 Å². The first-order chi connectivity index (χ1) is 7.49. The summed E-state index contributed by atoms with van der Waals surface area (Å²) in [7, 11) is 0. The number of rotatable bonds is 5. The molecule has 2 atom stereocenters. The molecule has 2 unspecified atom stereocenters. The lowest BCUT2D eigenvalue weighted by Crippen LogP contribution is -2.55. The van der Waals surface area contributed by atoms with E-state index in [1.165, 1.54) is 0 Å². The Morgan fingerprint density at radius 1 is 1.56 bits per heavy atom. The molecular weight excluding hydrogens is 212 g/mol. The van der Waals surface area contributed by atoms with Crippen molar-refractivity contribution in [3.05, 3.63) is 0 Å². The van der Waals surface area contributed by atoms with Crippen LogP contribution in [0.4, 0.5) is 0 Å². The number of aliphatic hydroxyl groups excluding tert-OH is 1. The van der Waals surface area contributed by atoms with Crippen molar-refractivity contribution >= 4 is 11.9 Å². The van der Waals surface area contributed by atoms with Gasteiger partial charge in [0.1, 0.15) is 6.04 Å². The molecule has 1 aliphatic rings. The summed E-state index contributed by atoms with van der Waals surface area (Å²) in [5.41, 5.74) is -0.677.